The Hall–Kier alpha value is -1.36. The molecule has 2 rings (SSSR count). The Labute approximate surface area is 114 Å². The van der Waals surface area contributed by atoms with E-state index in [0.29, 0.717) is 6.54 Å². The zero-order chi connectivity index (χ0) is 14.0. The molecule has 1 aromatic rings. The summed E-state index contributed by atoms with van der Waals surface area (Å²) in [5.74, 6) is -0.107. The van der Waals surface area contributed by atoms with Crippen molar-refractivity contribution >= 4 is 5.97 Å². The summed E-state index contributed by atoms with van der Waals surface area (Å²) in [5.41, 5.74) is 7.56. The molecule has 0 spiro atoms. The second kappa shape index (κ2) is 5.33. The highest BCUT2D eigenvalue weighted by molar-refractivity contribution is 5.81. The van der Waals surface area contributed by atoms with Gasteiger partial charge in [-0.05, 0) is 37.7 Å². The zero-order valence-electron chi connectivity index (χ0n) is 12.0. The van der Waals surface area contributed by atoms with Crippen molar-refractivity contribution in [1.29, 1.82) is 0 Å². The van der Waals surface area contributed by atoms with Crippen LogP contribution in [-0.4, -0.2) is 28.4 Å². The number of ether oxygens (including phenoxy) is 1. The molecule has 2 N–H and O–H groups in total. The number of nitrogens with two attached hydrogens (primary N) is 1. The van der Waals surface area contributed by atoms with Gasteiger partial charge in [0.1, 0.15) is 5.54 Å². The van der Waals surface area contributed by atoms with Gasteiger partial charge >= 0.3 is 5.97 Å². The summed E-state index contributed by atoms with van der Waals surface area (Å²) in [4.78, 5) is 12.0. The highest BCUT2D eigenvalue weighted by Gasteiger charge is 2.49. The Morgan fingerprint density at radius 1 is 1.53 bits per heavy atom. The van der Waals surface area contributed by atoms with Crippen molar-refractivity contribution in [1.82, 2.24) is 9.78 Å². The van der Waals surface area contributed by atoms with E-state index in [-0.39, 0.29) is 11.9 Å². The maximum Gasteiger partial charge on any atom is 0.328 e. The molecule has 5 heteroatoms. The van der Waals surface area contributed by atoms with Crippen molar-refractivity contribution in [3.63, 3.8) is 0 Å². The van der Waals surface area contributed by atoms with Gasteiger partial charge in [-0.15, -0.1) is 0 Å². The van der Waals surface area contributed by atoms with E-state index in [1.165, 1.54) is 7.11 Å². The van der Waals surface area contributed by atoms with Crippen molar-refractivity contribution in [2.45, 2.75) is 51.6 Å². The predicted octanol–water partition coefficient (Wildman–Crippen LogP) is 1.29. The van der Waals surface area contributed by atoms with Crippen LogP contribution in [0.4, 0.5) is 0 Å². The molecule has 1 unspecified atom stereocenters. The number of aryl methyl sites for hydroxylation is 2. The number of hydrogen-bond acceptors (Lipinski definition) is 4. The molecule has 1 aliphatic rings. The van der Waals surface area contributed by atoms with Gasteiger partial charge in [0.25, 0.3) is 0 Å². The van der Waals surface area contributed by atoms with Gasteiger partial charge in [-0.2, -0.15) is 5.10 Å². The number of hydrogen-bond donors (Lipinski definition) is 1. The fraction of sp³-hybridized carbons (Fsp3) is 0.714. The van der Waals surface area contributed by atoms with Crippen molar-refractivity contribution in [3.8, 4) is 0 Å². The van der Waals surface area contributed by atoms with Crippen molar-refractivity contribution in [3.05, 3.63) is 17.5 Å². The molecule has 0 radical (unpaired) electrons. The Bertz CT molecular complexity index is 465. The smallest absolute Gasteiger partial charge is 0.328 e. The maximum atomic E-state index is 12.0. The molecule has 0 saturated heterocycles. The molecule has 1 saturated carbocycles. The third-order valence-electron chi connectivity index (χ3n) is 3.92. The molecule has 1 aliphatic carbocycles. The van der Waals surface area contributed by atoms with Gasteiger partial charge in [0.15, 0.2) is 0 Å². The van der Waals surface area contributed by atoms with E-state index in [1.54, 1.807) is 0 Å². The van der Waals surface area contributed by atoms with Gasteiger partial charge in [0.05, 0.1) is 19.3 Å². The Morgan fingerprint density at radius 3 is 2.68 bits per heavy atom. The summed E-state index contributed by atoms with van der Waals surface area (Å²) in [6.45, 7) is 4.57. The lowest BCUT2D eigenvalue weighted by Gasteiger charge is -2.27. The van der Waals surface area contributed by atoms with Crippen molar-refractivity contribution in [2.75, 3.05) is 7.11 Å². The molecule has 0 aromatic carbocycles. The van der Waals surface area contributed by atoms with Crippen LogP contribution in [0.5, 0.6) is 0 Å². The molecule has 5 nitrogen and oxygen atoms in total. The molecule has 0 amide bonds. The second-order valence-electron chi connectivity index (χ2n) is 5.30. The van der Waals surface area contributed by atoms with Crippen molar-refractivity contribution < 1.29 is 9.53 Å². The summed E-state index contributed by atoms with van der Waals surface area (Å²) in [6, 6.07) is 2.09. The van der Waals surface area contributed by atoms with Crippen LogP contribution in [0.15, 0.2) is 6.07 Å². The first-order chi connectivity index (χ1) is 9.05. The summed E-state index contributed by atoms with van der Waals surface area (Å²) in [5, 5.41) is 4.54. The van der Waals surface area contributed by atoms with E-state index in [0.717, 1.165) is 37.1 Å². The van der Waals surface area contributed by atoms with Crippen LogP contribution in [-0.2, 0) is 28.9 Å². The van der Waals surface area contributed by atoms with Gasteiger partial charge in [-0.3, -0.25) is 4.68 Å². The number of aromatic nitrogens is 2. The van der Waals surface area contributed by atoms with E-state index < -0.39 is 5.54 Å². The molecule has 1 atom stereocenters. The van der Waals surface area contributed by atoms with E-state index >= 15 is 0 Å². The molecule has 0 bridgehead atoms. The van der Waals surface area contributed by atoms with Gasteiger partial charge in [-0.25, -0.2) is 4.79 Å². The van der Waals surface area contributed by atoms with Crippen LogP contribution >= 0.6 is 0 Å². The minimum atomic E-state index is -0.935. The van der Waals surface area contributed by atoms with Crippen LogP contribution < -0.4 is 5.73 Å². The second-order valence-corrected chi connectivity index (χ2v) is 5.30. The standard InChI is InChI=1S/C14H23N3O2/c1-4-11-8-12(5-2)17(16-11)9-14(15,10-6-7-10)13(18)19-3/h8,10H,4-7,9,15H2,1-3H3. The van der Waals surface area contributed by atoms with Crippen LogP contribution in [0.2, 0.25) is 0 Å². The summed E-state index contributed by atoms with van der Waals surface area (Å²) in [6.07, 6.45) is 3.76. The summed E-state index contributed by atoms with van der Waals surface area (Å²) >= 11 is 0. The maximum absolute atomic E-state index is 12.0. The Morgan fingerprint density at radius 2 is 2.21 bits per heavy atom. The molecule has 1 heterocycles. The van der Waals surface area contributed by atoms with Crippen LogP contribution in [0, 0.1) is 5.92 Å². The minimum absolute atomic E-state index is 0.221. The lowest BCUT2D eigenvalue weighted by Crippen LogP contribution is -2.54. The Kier molecular flexibility index (Phi) is 3.94. The topological polar surface area (TPSA) is 70.1 Å². The van der Waals surface area contributed by atoms with Crippen LogP contribution in [0.1, 0.15) is 38.1 Å². The third-order valence-corrected chi connectivity index (χ3v) is 3.92. The average Bonchev–Trinajstić information content (AvgIpc) is 3.20. The summed E-state index contributed by atoms with van der Waals surface area (Å²) < 4.78 is 6.77. The fourth-order valence-electron chi connectivity index (χ4n) is 2.51. The van der Waals surface area contributed by atoms with E-state index in [4.69, 9.17) is 10.5 Å². The van der Waals surface area contributed by atoms with Gasteiger partial charge < -0.3 is 10.5 Å². The number of nitrogens with zero attached hydrogens (tertiary/aromatic N) is 2. The largest absolute Gasteiger partial charge is 0.468 e. The quantitative estimate of drug-likeness (QED) is 0.787. The SMILES string of the molecule is CCc1cc(CC)n(CC(N)(C(=O)OC)C2CC2)n1. The lowest BCUT2D eigenvalue weighted by atomic mass is 9.94. The van der Waals surface area contributed by atoms with E-state index in [1.807, 2.05) is 4.68 Å². The molecule has 1 fully saturated rings. The minimum Gasteiger partial charge on any atom is -0.468 e. The Balaban J connectivity index is 2.26. The number of esters is 1. The number of carbonyl (C=O) groups excluding carboxylic acids is 1. The average molecular weight is 265 g/mol. The highest BCUT2D eigenvalue weighted by Crippen LogP contribution is 2.40. The third kappa shape index (κ3) is 2.66. The lowest BCUT2D eigenvalue weighted by molar-refractivity contribution is -0.148. The van der Waals surface area contributed by atoms with Gasteiger partial charge in [0, 0.05) is 5.69 Å². The normalized spacial score (nSPS) is 18.1. The highest BCUT2D eigenvalue weighted by atomic mass is 16.5. The van der Waals surface area contributed by atoms with E-state index in [2.05, 4.69) is 25.0 Å². The van der Waals surface area contributed by atoms with Crippen molar-refractivity contribution in [2.24, 2.45) is 11.7 Å². The summed E-state index contributed by atoms with van der Waals surface area (Å²) in [7, 11) is 1.40. The first-order valence-corrected chi connectivity index (χ1v) is 6.98. The molecule has 0 aliphatic heterocycles. The molecular weight excluding hydrogens is 242 g/mol. The molecule has 106 valence electrons. The van der Waals surface area contributed by atoms with Gasteiger partial charge in [-0.1, -0.05) is 13.8 Å². The van der Waals surface area contributed by atoms with Crippen LogP contribution in [0.3, 0.4) is 0 Å². The van der Waals surface area contributed by atoms with Crippen LogP contribution in [0.25, 0.3) is 0 Å². The monoisotopic (exact) mass is 265 g/mol. The number of rotatable bonds is 6. The fourth-order valence-corrected chi connectivity index (χ4v) is 2.51. The van der Waals surface area contributed by atoms with E-state index in [9.17, 15) is 4.79 Å². The number of methoxy groups -OCH3 is 1. The molecule has 1 aromatic heterocycles. The first kappa shape index (κ1) is 14.1. The van der Waals surface area contributed by atoms with Gasteiger partial charge in [0.2, 0.25) is 0 Å². The predicted molar refractivity (Wildman–Crippen MR) is 72.6 cm³/mol. The number of carbonyl (C=O) groups is 1. The molecule has 19 heavy (non-hydrogen) atoms. The zero-order valence-corrected chi connectivity index (χ0v) is 12.0. The molecular formula is C14H23N3O2. The first-order valence-electron chi connectivity index (χ1n) is 6.98.